The molecule has 1 aromatic rings. The third kappa shape index (κ3) is 2.45. The Morgan fingerprint density at radius 3 is 2.46 bits per heavy atom. The van der Waals surface area contributed by atoms with Crippen LogP contribution in [0, 0.1) is 0 Å². The number of thiophene rings is 1. The lowest BCUT2D eigenvalue weighted by Crippen LogP contribution is -2.06. The summed E-state index contributed by atoms with van der Waals surface area (Å²) in [4.78, 5) is 0.0150. The first-order valence-electron chi connectivity index (χ1n) is 3.87. The quantitative estimate of drug-likeness (QED) is 0.795. The fourth-order valence-corrected chi connectivity index (χ4v) is 1.87. The van der Waals surface area contributed by atoms with E-state index in [1.54, 1.807) is 0 Å². The first-order valence-corrected chi connectivity index (χ1v) is 4.69. The number of rotatable bonds is 2. The van der Waals surface area contributed by atoms with E-state index in [2.05, 4.69) is 0 Å². The lowest BCUT2D eigenvalue weighted by molar-refractivity contribution is -0.134. The van der Waals surface area contributed by atoms with Gasteiger partial charge in [-0.1, -0.05) is 6.92 Å². The molecule has 0 saturated heterocycles. The van der Waals surface area contributed by atoms with Gasteiger partial charge < -0.3 is 5.73 Å². The average molecular weight is 209 g/mol. The third-order valence-corrected chi connectivity index (χ3v) is 2.97. The highest BCUT2D eigenvalue weighted by Crippen LogP contribution is 2.36. The maximum absolute atomic E-state index is 12.1. The highest BCUT2D eigenvalue weighted by molar-refractivity contribution is 7.12. The number of alkyl halides is 3. The first-order chi connectivity index (χ1) is 5.95. The zero-order chi connectivity index (χ0) is 10.1. The monoisotopic (exact) mass is 209 g/mol. The maximum Gasteiger partial charge on any atom is 0.425 e. The second kappa shape index (κ2) is 3.67. The summed E-state index contributed by atoms with van der Waals surface area (Å²) in [7, 11) is 0. The maximum atomic E-state index is 12.1. The van der Waals surface area contributed by atoms with E-state index in [-0.39, 0.29) is 6.04 Å². The number of halogens is 3. The molecule has 0 radical (unpaired) electrons. The van der Waals surface area contributed by atoms with Crippen LogP contribution in [0.2, 0.25) is 0 Å². The molecular weight excluding hydrogens is 199 g/mol. The topological polar surface area (TPSA) is 26.0 Å². The summed E-state index contributed by atoms with van der Waals surface area (Å²) in [6.07, 6.45) is -3.59. The molecule has 2 N–H and O–H groups in total. The van der Waals surface area contributed by atoms with Crippen LogP contribution in [-0.4, -0.2) is 0 Å². The molecule has 0 unspecified atom stereocenters. The molecule has 0 aliphatic rings. The van der Waals surface area contributed by atoms with Gasteiger partial charge in [-0.2, -0.15) is 13.2 Å². The van der Waals surface area contributed by atoms with Gasteiger partial charge in [0.25, 0.3) is 0 Å². The normalized spacial score (nSPS) is 14.5. The molecule has 0 saturated carbocycles. The zero-order valence-corrected chi connectivity index (χ0v) is 7.88. The van der Waals surface area contributed by atoms with Crippen LogP contribution in [0.4, 0.5) is 13.2 Å². The molecule has 0 aliphatic carbocycles. The van der Waals surface area contributed by atoms with Gasteiger partial charge in [0.1, 0.15) is 4.88 Å². The van der Waals surface area contributed by atoms with Crippen LogP contribution in [0.1, 0.15) is 29.1 Å². The molecule has 0 spiro atoms. The van der Waals surface area contributed by atoms with E-state index in [1.165, 1.54) is 6.07 Å². The molecule has 13 heavy (non-hydrogen) atoms. The SMILES string of the molecule is CC[C@@H](N)c1ccc(C(F)(F)F)s1. The van der Waals surface area contributed by atoms with Crippen molar-refractivity contribution in [1.82, 2.24) is 0 Å². The molecule has 1 aromatic heterocycles. The number of nitrogens with two attached hydrogens (primary N) is 1. The molecule has 1 nitrogen and oxygen atoms in total. The highest BCUT2D eigenvalue weighted by atomic mass is 32.1. The minimum absolute atomic E-state index is 0.277. The van der Waals surface area contributed by atoms with Crippen LogP contribution in [0.15, 0.2) is 12.1 Å². The Morgan fingerprint density at radius 2 is 2.08 bits per heavy atom. The van der Waals surface area contributed by atoms with Crippen molar-refractivity contribution in [2.75, 3.05) is 0 Å². The Hall–Kier alpha value is -0.550. The zero-order valence-electron chi connectivity index (χ0n) is 7.06. The fourth-order valence-electron chi connectivity index (χ4n) is 0.906. The predicted molar refractivity (Wildman–Crippen MR) is 46.5 cm³/mol. The van der Waals surface area contributed by atoms with E-state index in [1.807, 2.05) is 6.92 Å². The van der Waals surface area contributed by atoms with Gasteiger partial charge in [0, 0.05) is 10.9 Å². The minimum atomic E-state index is -4.24. The lowest BCUT2D eigenvalue weighted by Gasteiger charge is -2.04. The smallest absolute Gasteiger partial charge is 0.323 e. The highest BCUT2D eigenvalue weighted by Gasteiger charge is 2.32. The van der Waals surface area contributed by atoms with E-state index < -0.39 is 11.1 Å². The Kier molecular flexibility index (Phi) is 2.98. The van der Waals surface area contributed by atoms with Crippen LogP contribution in [-0.2, 0) is 6.18 Å². The van der Waals surface area contributed by atoms with Gasteiger partial charge in [-0.15, -0.1) is 11.3 Å². The van der Waals surface area contributed by atoms with Crippen molar-refractivity contribution >= 4 is 11.3 Å². The first kappa shape index (κ1) is 10.5. The van der Waals surface area contributed by atoms with Crippen LogP contribution in [0.5, 0.6) is 0 Å². The molecule has 5 heteroatoms. The van der Waals surface area contributed by atoms with E-state index in [0.717, 1.165) is 17.4 Å². The summed E-state index contributed by atoms with van der Waals surface area (Å²) >= 11 is 0.722. The van der Waals surface area contributed by atoms with Crippen molar-refractivity contribution in [3.63, 3.8) is 0 Å². The molecule has 1 atom stereocenters. The lowest BCUT2D eigenvalue weighted by atomic mass is 10.2. The van der Waals surface area contributed by atoms with E-state index in [9.17, 15) is 13.2 Å². The van der Waals surface area contributed by atoms with Gasteiger partial charge in [-0.25, -0.2) is 0 Å². The number of hydrogen-bond acceptors (Lipinski definition) is 2. The van der Waals surface area contributed by atoms with Gasteiger partial charge >= 0.3 is 6.18 Å². The van der Waals surface area contributed by atoms with Gasteiger partial charge in [0.15, 0.2) is 0 Å². The molecule has 0 fully saturated rings. The summed E-state index contributed by atoms with van der Waals surface area (Å²) in [6.45, 7) is 1.84. The molecule has 0 aliphatic heterocycles. The van der Waals surface area contributed by atoms with Crippen molar-refractivity contribution in [2.24, 2.45) is 5.73 Å². The van der Waals surface area contributed by atoms with Crippen LogP contribution in [0.25, 0.3) is 0 Å². The Labute approximate surface area is 78.4 Å². The molecule has 0 bridgehead atoms. The largest absolute Gasteiger partial charge is 0.425 e. The van der Waals surface area contributed by atoms with Crippen molar-refractivity contribution in [3.8, 4) is 0 Å². The van der Waals surface area contributed by atoms with Gasteiger partial charge in [-0.3, -0.25) is 0 Å². The third-order valence-electron chi connectivity index (χ3n) is 1.71. The minimum Gasteiger partial charge on any atom is -0.323 e. The van der Waals surface area contributed by atoms with E-state index >= 15 is 0 Å². The summed E-state index contributed by atoms with van der Waals surface area (Å²) in [6, 6.07) is 2.25. The Bertz CT molecular complexity index is 279. The van der Waals surface area contributed by atoms with Crippen LogP contribution < -0.4 is 5.73 Å². The predicted octanol–water partition coefficient (Wildman–Crippen LogP) is 3.18. The summed E-state index contributed by atoms with van der Waals surface area (Å²) in [5.74, 6) is 0. The van der Waals surface area contributed by atoms with E-state index in [0.29, 0.717) is 11.3 Å². The average Bonchev–Trinajstić information content (AvgIpc) is 2.50. The van der Waals surface area contributed by atoms with Crippen LogP contribution >= 0.6 is 11.3 Å². The Morgan fingerprint density at radius 1 is 1.46 bits per heavy atom. The van der Waals surface area contributed by atoms with Gasteiger partial charge in [0.2, 0.25) is 0 Å². The molecule has 0 aromatic carbocycles. The van der Waals surface area contributed by atoms with E-state index in [4.69, 9.17) is 5.73 Å². The summed E-state index contributed by atoms with van der Waals surface area (Å²) in [5, 5.41) is 0. The summed E-state index contributed by atoms with van der Waals surface area (Å²) < 4.78 is 36.4. The molecule has 1 rings (SSSR count). The molecule has 1 heterocycles. The fraction of sp³-hybridized carbons (Fsp3) is 0.500. The summed E-state index contributed by atoms with van der Waals surface area (Å²) in [5.41, 5.74) is 5.59. The van der Waals surface area contributed by atoms with Crippen molar-refractivity contribution in [3.05, 3.63) is 21.9 Å². The second-order valence-electron chi connectivity index (χ2n) is 2.71. The van der Waals surface area contributed by atoms with Gasteiger partial charge in [-0.05, 0) is 18.6 Å². The molecular formula is C8H10F3NS. The van der Waals surface area contributed by atoms with Crippen molar-refractivity contribution in [2.45, 2.75) is 25.6 Å². The standard InChI is InChI=1S/C8H10F3NS/c1-2-5(12)6-3-4-7(13-6)8(9,10)11/h3-5H,2,12H2,1H3/t5-/m1/s1. The Balaban J connectivity index is 2.87. The van der Waals surface area contributed by atoms with Gasteiger partial charge in [0.05, 0.1) is 0 Å². The van der Waals surface area contributed by atoms with Crippen molar-refractivity contribution < 1.29 is 13.2 Å². The second-order valence-corrected chi connectivity index (χ2v) is 3.83. The molecule has 0 amide bonds. The molecule has 74 valence electrons. The van der Waals surface area contributed by atoms with Crippen LogP contribution in [0.3, 0.4) is 0 Å². The van der Waals surface area contributed by atoms with Crippen molar-refractivity contribution in [1.29, 1.82) is 0 Å². The number of hydrogen-bond donors (Lipinski definition) is 1.